The van der Waals surface area contributed by atoms with Crippen molar-refractivity contribution in [2.24, 2.45) is 0 Å². The van der Waals surface area contributed by atoms with E-state index >= 15 is 0 Å². The molecule has 4 heteroatoms. The van der Waals surface area contributed by atoms with Gasteiger partial charge in [0.05, 0.1) is 6.61 Å². The predicted octanol–water partition coefficient (Wildman–Crippen LogP) is 3.24. The lowest BCUT2D eigenvalue weighted by molar-refractivity contribution is -0.147. The van der Waals surface area contributed by atoms with Crippen molar-refractivity contribution in [2.75, 3.05) is 12.9 Å². The lowest BCUT2D eigenvalue weighted by Crippen LogP contribution is -2.26. The van der Waals surface area contributed by atoms with E-state index in [1.807, 2.05) is 32.2 Å². The molecule has 0 saturated carbocycles. The fourth-order valence-corrected chi connectivity index (χ4v) is 2.06. The highest BCUT2D eigenvalue weighted by molar-refractivity contribution is 7.99. The maximum absolute atomic E-state index is 11.6. The van der Waals surface area contributed by atoms with Crippen molar-refractivity contribution >= 4 is 17.7 Å². The molecule has 0 radical (unpaired) electrons. The number of thioether (sulfide) groups is 1. The highest BCUT2D eigenvalue weighted by Crippen LogP contribution is 2.24. The summed E-state index contributed by atoms with van der Waals surface area (Å²) in [5.74, 6) is 0.379. The van der Waals surface area contributed by atoms with Gasteiger partial charge in [-0.15, -0.1) is 11.8 Å². The highest BCUT2D eigenvalue weighted by Gasteiger charge is 2.20. The van der Waals surface area contributed by atoms with Gasteiger partial charge in [-0.1, -0.05) is 0 Å². The third-order valence-corrected chi connectivity index (χ3v) is 3.55. The van der Waals surface area contributed by atoms with Crippen molar-refractivity contribution in [3.63, 3.8) is 0 Å². The van der Waals surface area contributed by atoms with Gasteiger partial charge in [0.25, 0.3) is 0 Å². The molecule has 3 nitrogen and oxygen atoms in total. The number of aryl methyl sites for hydroxylation is 2. The number of hydrogen-bond donors (Lipinski definition) is 0. The summed E-state index contributed by atoms with van der Waals surface area (Å²) in [5.41, 5.74) is 2.97. The first-order chi connectivity index (χ1) is 8.49. The van der Waals surface area contributed by atoms with Crippen molar-refractivity contribution in [2.45, 2.75) is 33.1 Å². The van der Waals surface area contributed by atoms with Crippen LogP contribution in [0.5, 0.6) is 5.75 Å². The van der Waals surface area contributed by atoms with Crippen LogP contribution < -0.4 is 4.74 Å². The normalized spacial score (nSPS) is 12.1. The number of benzene rings is 1. The zero-order valence-corrected chi connectivity index (χ0v) is 12.4. The van der Waals surface area contributed by atoms with Gasteiger partial charge in [0.2, 0.25) is 5.44 Å². The first-order valence-corrected chi connectivity index (χ1v) is 7.22. The van der Waals surface area contributed by atoms with E-state index in [1.54, 1.807) is 6.92 Å². The summed E-state index contributed by atoms with van der Waals surface area (Å²) in [6.45, 7) is 8.30. The van der Waals surface area contributed by atoms with E-state index in [4.69, 9.17) is 9.47 Å². The average molecular weight is 268 g/mol. The third kappa shape index (κ3) is 3.67. The minimum Gasteiger partial charge on any atom is -0.468 e. The summed E-state index contributed by atoms with van der Waals surface area (Å²) >= 11 is 1.33. The van der Waals surface area contributed by atoms with Crippen molar-refractivity contribution in [3.05, 3.63) is 28.8 Å². The van der Waals surface area contributed by atoms with Crippen LogP contribution in [-0.4, -0.2) is 24.3 Å². The first-order valence-electron chi connectivity index (χ1n) is 5.93. The van der Waals surface area contributed by atoms with E-state index in [2.05, 4.69) is 6.92 Å². The maximum Gasteiger partial charge on any atom is 0.358 e. The van der Waals surface area contributed by atoms with Crippen molar-refractivity contribution in [1.29, 1.82) is 0 Å². The van der Waals surface area contributed by atoms with Crippen LogP contribution in [0.15, 0.2) is 12.1 Å². The molecule has 0 spiro atoms. The van der Waals surface area contributed by atoms with Crippen LogP contribution in [0, 0.1) is 20.8 Å². The number of esters is 1. The zero-order valence-electron chi connectivity index (χ0n) is 11.6. The monoisotopic (exact) mass is 268 g/mol. The van der Waals surface area contributed by atoms with Gasteiger partial charge in [-0.2, -0.15) is 0 Å². The summed E-state index contributed by atoms with van der Waals surface area (Å²) in [6, 6.07) is 3.90. The molecule has 1 unspecified atom stereocenters. The molecule has 0 amide bonds. The second kappa shape index (κ2) is 6.69. The molecule has 0 fully saturated rings. The van der Waals surface area contributed by atoms with E-state index < -0.39 is 5.44 Å². The summed E-state index contributed by atoms with van der Waals surface area (Å²) in [4.78, 5) is 11.6. The Morgan fingerprint density at radius 2 is 1.83 bits per heavy atom. The molecule has 100 valence electrons. The number of hydrogen-bond acceptors (Lipinski definition) is 4. The third-order valence-electron chi connectivity index (χ3n) is 2.84. The summed E-state index contributed by atoms with van der Waals surface area (Å²) < 4.78 is 10.6. The number of ether oxygens (including phenoxy) is 2. The summed E-state index contributed by atoms with van der Waals surface area (Å²) in [6.07, 6.45) is 1.83. The van der Waals surface area contributed by atoms with E-state index in [9.17, 15) is 4.79 Å². The van der Waals surface area contributed by atoms with Crippen LogP contribution in [0.1, 0.15) is 23.6 Å². The lowest BCUT2D eigenvalue weighted by Gasteiger charge is -2.17. The molecule has 0 aliphatic carbocycles. The maximum atomic E-state index is 11.6. The number of carbonyl (C=O) groups excluding carboxylic acids is 1. The fourth-order valence-electron chi connectivity index (χ4n) is 1.59. The standard InChI is InChI=1S/C14H20O3S/c1-6-16-13(15)14(18-5)17-12-7-9(2)11(4)10(3)8-12/h7-8,14H,6H2,1-5H3. The Labute approximate surface area is 113 Å². The Morgan fingerprint density at radius 3 is 2.28 bits per heavy atom. The van der Waals surface area contributed by atoms with Crippen molar-refractivity contribution in [3.8, 4) is 5.75 Å². The zero-order chi connectivity index (χ0) is 13.7. The minimum atomic E-state index is -0.605. The van der Waals surface area contributed by atoms with Gasteiger partial charge in [-0.05, 0) is 62.8 Å². The highest BCUT2D eigenvalue weighted by atomic mass is 32.2. The van der Waals surface area contributed by atoms with Gasteiger partial charge < -0.3 is 9.47 Å². The Kier molecular flexibility index (Phi) is 5.54. The SMILES string of the molecule is CCOC(=O)C(Oc1cc(C)c(C)c(C)c1)SC. The van der Waals surface area contributed by atoms with E-state index in [0.717, 1.165) is 11.1 Å². The molecule has 0 aliphatic rings. The molecule has 1 aromatic carbocycles. The molecule has 0 bridgehead atoms. The van der Waals surface area contributed by atoms with Crippen LogP contribution in [0.25, 0.3) is 0 Å². The van der Waals surface area contributed by atoms with Gasteiger partial charge in [0, 0.05) is 0 Å². The molecule has 0 saturated heterocycles. The molecule has 18 heavy (non-hydrogen) atoms. The summed E-state index contributed by atoms with van der Waals surface area (Å²) in [5, 5.41) is 0. The van der Waals surface area contributed by atoms with Crippen LogP contribution in [0.4, 0.5) is 0 Å². The lowest BCUT2D eigenvalue weighted by atomic mass is 10.0. The van der Waals surface area contributed by atoms with Crippen molar-refractivity contribution < 1.29 is 14.3 Å². The van der Waals surface area contributed by atoms with Crippen molar-refractivity contribution in [1.82, 2.24) is 0 Å². The van der Waals surface area contributed by atoms with Crippen LogP contribution in [0.3, 0.4) is 0 Å². The van der Waals surface area contributed by atoms with E-state index in [-0.39, 0.29) is 5.97 Å². The van der Waals surface area contributed by atoms with Crippen LogP contribution in [0.2, 0.25) is 0 Å². The fraction of sp³-hybridized carbons (Fsp3) is 0.500. The van der Waals surface area contributed by atoms with Gasteiger partial charge in [0.15, 0.2) is 0 Å². The van der Waals surface area contributed by atoms with Gasteiger partial charge in [0.1, 0.15) is 5.75 Å². The molecular weight excluding hydrogens is 248 g/mol. The second-order valence-electron chi connectivity index (χ2n) is 4.12. The molecule has 1 atom stereocenters. The molecule has 0 N–H and O–H groups in total. The van der Waals surface area contributed by atoms with Gasteiger partial charge in [-0.3, -0.25) is 0 Å². The van der Waals surface area contributed by atoms with Gasteiger partial charge >= 0.3 is 5.97 Å². The Hall–Kier alpha value is -1.16. The minimum absolute atomic E-state index is 0.333. The molecular formula is C14H20O3S. The van der Waals surface area contributed by atoms with E-state index in [1.165, 1.54) is 17.3 Å². The smallest absolute Gasteiger partial charge is 0.358 e. The molecule has 1 rings (SSSR count). The summed E-state index contributed by atoms with van der Waals surface area (Å²) in [7, 11) is 0. The van der Waals surface area contributed by atoms with Crippen LogP contribution >= 0.6 is 11.8 Å². The Balaban J connectivity index is 2.85. The second-order valence-corrected chi connectivity index (χ2v) is 5.02. The van der Waals surface area contributed by atoms with Gasteiger partial charge in [-0.25, -0.2) is 4.79 Å². The Bertz CT molecular complexity index is 406. The quantitative estimate of drug-likeness (QED) is 0.606. The first kappa shape index (κ1) is 14.9. The molecule has 1 aromatic rings. The molecule has 0 aromatic heterocycles. The molecule has 0 aliphatic heterocycles. The number of carbonyl (C=O) groups is 1. The average Bonchev–Trinajstić information content (AvgIpc) is 2.33. The predicted molar refractivity (Wildman–Crippen MR) is 75.2 cm³/mol. The number of rotatable bonds is 5. The Morgan fingerprint density at radius 1 is 1.28 bits per heavy atom. The topological polar surface area (TPSA) is 35.5 Å². The largest absolute Gasteiger partial charge is 0.468 e. The molecule has 0 heterocycles. The van der Waals surface area contributed by atoms with Crippen LogP contribution in [-0.2, 0) is 9.53 Å². The van der Waals surface area contributed by atoms with E-state index in [0.29, 0.717) is 12.4 Å².